The van der Waals surface area contributed by atoms with E-state index in [1.807, 2.05) is 0 Å². The number of carbonyl (C=O) groups is 1. The molecule has 0 aliphatic rings. The van der Waals surface area contributed by atoms with Gasteiger partial charge < -0.3 is 4.74 Å². The highest BCUT2D eigenvalue weighted by Gasteiger charge is 2.05. The van der Waals surface area contributed by atoms with Crippen molar-refractivity contribution in [1.29, 1.82) is 0 Å². The molecule has 16 heavy (non-hydrogen) atoms. The van der Waals surface area contributed by atoms with Crippen LogP contribution in [0.4, 0.5) is 4.39 Å². The number of ether oxygens (including phenoxy) is 1. The fourth-order valence-electron chi connectivity index (χ4n) is 1.28. The van der Waals surface area contributed by atoms with Crippen molar-refractivity contribution in [3.8, 4) is 0 Å². The largest absolute Gasteiger partial charge is 0.377 e. The number of hydrogen-bond acceptors (Lipinski definition) is 2. The van der Waals surface area contributed by atoms with Crippen molar-refractivity contribution in [3.05, 3.63) is 48.3 Å². The van der Waals surface area contributed by atoms with E-state index >= 15 is 0 Å². The van der Waals surface area contributed by atoms with Crippen LogP contribution in [0.2, 0.25) is 0 Å². The number of benzene rings is 1. The van der Waals surface area contributed by atoms with Gasteiger partial charge in [0.25, 0.3) is 0 Å². The third-order valence-corrected chi connectivity index (χ3v) is 2.09. The second kappa shape index (κ2) is 6.90. The Bertz CT molecular complexity index is 343. The normalized spacial score (nSPS) is 10.1. The average molecular weight is 222 g/mol. The Hall–Kier alpha value is -1.48. The molecule has 0 N–H and O–H groups in total. The molecular formula is C13H15FO2. The van der Waals surface area contributed by atoms with Gasteiger partial charge in [0, 0.05) is 18.6 Å². The zero-order valence-electron chi connectivity index (χ0n) is 9.12. The number of rotatable bonds is 7. The molecule has 0 amide bonds. The smallest absolute Gasteiger partial charge is 0.162 e. The maximum Gasteiger partial charge on any atom is 0.162 e. The minimum absolute atomic E-state index is 0.0159. The molecule has 86 valence electrons. The molecule has 0 aliphatic heterocycles. The van der Waals surface area contributed by atoms with E-state index in [1.54, 1.807) is 6.08 Å². The van der Waals surface area contributed by atoms with E-state index in [-0.39, 0.29) is 11.6 Å². The summed E-state index contributed by atoms with van der Waals surface area (Å²) in [5.41, 5.74) is 0.546. The van der Waals surface area contributed by atoms with E-state index in [0.717, 1.165) is 0 Å². The lowest BCUT2D eigenvalue weighted by molar-refractivity contribution is 0.0954. The van der Waals surface area contributed by atoms with E-state index in [1.165, 1.54) is 24.3 Å². The third kappa shape index (κ3) is 4.36. The van der Waals surface area contributed by atoms with Crippen LogP contribution < -0.4 is 0 Å². The molecule has 0 aromatic heterocycles. The number of ketones is 1. The van der Waals surface area contributed by atoms with Crippen LogP contribution in [0.1, 0.15) is 23.2 Å². The third-order valence-electron chi connectivity index (χ3n) is 2.09. The first-order valence-electron chi connectivity index (χ1n) is 5.21. The summed E-state index contributed by atoms with van der Waals surface area (Å²) >= 11 is 0. The fraction of sp³-hybridized carbons (Fsp3) is 0.308. The van der Waals surface area contributed by atoms with E-state index < -0.39 is 0 Å². The quantitative estimate of drug-likeness (QED) is 0.403. The Morgan fingerprint density at radius 1 is 1.38 bits per heavy atom. The van der Waals surface area contributed by atoms with Gasteiger partial charge in [-0.3, -0.25) is 4.79 Å². The molecule has 0 heterocycles. The minimum atomic E-state index is -0.328. The first-order valence-corrected chi connectivity index (χ1v) is 5.21. The van der Waals surface area contributed by atoms with E-state index in [0.29, 0.717) is 31.6 Å². The van der Waals surface area contributed by atoms with Gasteiger partial charge in [0.15, 0.2) is 5.78 Å². The fourth-order valence-corrected chi connectivity index (χ4v) is 1.28. The second-order valence-corrected chi connectivity index (χ2v) is 3.40. The summed E-state index contributed by atoms with van der Waals surface area (Å²) in [6, 6.07) is 5.59. The Labute approximate surface area is 94.7 Å². The van der Waals surface area contributed by atoms with Gasteiger partial charge in [0.05, 0.1) is 6.61 Å². The lowest BCUT2D eigenvalue weighted by atomic mass is 10.1. The van der Waals surface area contributed by atoms with Crippen LogP contribution in [0.3, 0.4) is 0 Å². The molecular weight excluding hydrogens is 207 g/mol. The summed E-state index contributed by atoms with van der Waals surface area (Å²) in [6.45, 7) is 4.57. The van der Waals surface area contributed by atoms with Crippen molar-refractivity contribution in [2.75, 3.05) is 13.2 Å². The van der Waals surface area contributed by atoms with Crippen LogP contribution in [-0.2, 0) is 4.74 Å². The highest BCUT2D eigenvalue weighted by atomic mass is 19.1. The number of halogens is 1. The van der Waals surface area contributed by atoms with Gasteiger partial charge in [-0.1, -0.05) is 6.08 Å². The van der Waals surface area contributed by atoms with Crippen molar-refractivity contribution in [3.63, 3.8) is 0 Å². The van der Waals surface area contributed by atoms with Crippen molar-refractivity contribution < 1.29 is 13.9 Å². The highest BCUT2D eigenvalue weighted by molar-refractivity contribution is 5.95. The molecule has 0 saturated carbocycles. The molecule has 0 bridgehead atoms. The van der Waals surface area contributed by atoms with Gasteiger partial charge in [0.2, 0.25) is 0 Å². The molecule has 1 aromatic rings. The zero-order chi connectivity index (χ0) is 11.8. The molecule has 0 aliphatic carbocycles. The van der Waals surface area contributed by atoms with Gasteiger partial charge >= 0.3 is 0 Å². The lowest BCUT2D eigenvalue weighted by Gasteiger charge is -2.01. The summed E-state index contributed by atoms with van der Waals surface area (Å²) in [6.07, 6.45) is 2.76. The van der Waals surface area contributed by atoms with Crippen LogP contribution in [0.25, 0.3) is 0 Å². The predicted molar refractivity (Wildman–Crippen MR) is 61.0 cm³/mol. The average Bonchev–Trinajstić information content (AvgIpc) is 2.29. The maximum atomic E-state index is 12.6. The Morgan fingerprint density at radius 3 is 2.69 bits per heavy atom. The maximum absolute atomic E-state index is 12.6. The molecule has 0 spiro atoms. The molecule has 0 fully saturated rings. The summed E-state index contributed by atoms with van der Waals surface area (Å²) in [4.78, 5) is 11.6. The summed E-state index contributed by atoms with van der Waals surface area (Å²) < 4.78 is 17.8. The summed E-state index contributed by atoms with van der Waals surface area (Å²) in [5, 5.41) is 0. The van der Waals surface area contributed by atoms with E-state index in [4.69, 9.17) is 4.74 Å². The number of carbonyl (C=O) groups excluding carboxylic acids is 1. The topological polar surface area (TPSA) is 26.3 Å². The van der Waals surface area contributed by atoms with E-state index in [9.17, 15) is 9.18 Å². The van der Waals surface area contributed by atoms with Crippen molar-refractivity contribution >= 4 is 5.78 Å². The molecule has 1 rings (SSSR count). The summed E-state index contributed by atoms with van der Waals surface area (Å²) in [7, 11) is 0. The lowest BCUT2D eigenvalue weighted by Crippen LogP contribution is -2.02. The van der Waals surface area contributed by atoms with Crippen LogP contribution in [0.5, 0.6) is 0 Å². The van der Waals surface area contributed by atoms with Crippen LogP contribution in [0.15, 0.2) is 36.9 Å². The number of hydrogen-bond donors (Lipinski definition) is 0. The van der Waals surface area contributed by atoms with Crippen LogP contribution in [0, 0.1) is 5.82 Å². The first-order chi connectivity index (χ1) is 7.74. The first kappa shape index (κ1) is 12.6. The van der Waals surface area contributed by atoms with Crippen molar-refractivity contribution in [2.24, 2.45) is 0 Å². The van der Waals surface area contributed by atoms with Crippen LogP contribution in [-0.4, -0.2) is 19.0 Å². The number of Topliss-reactive ketones (excluding diaryl/α,β-unsaturated/α-hetero) is 1. The molecule has 1 aromatic carbocycles. The SMILES string of the molecule is C=CCOCCCC(=O)c1ccc(F)cc1. The molecule has 0 unspecified atom stereocenters. The Kier molecular flexibility index (Phi) is 5.43. The van der Waals surface area contributed by atoms with Crippen molar-refractivity contribution in [2.45, 2.75) is 12.8 Å². The standard InChI is InChI=1S/C13H15FO2/c1-2-9-16-10-3-4-13(15)11-5-7-12(14)8-6-11/h2,5-8H,1,3-4,9-10H2. The van der Waals surface area contributed by atoms with Crippen molar-refractivity contribution in [1.82, 2.24) is 0 Å². The Balaban J connectivity index is 2.29. The molecule has 0 saturated heterocycles. The van der Waals surface area contributed by atoms with E-state index in [2.05, 4.69) is 6.58 Å². The van der Waals surface area contributed by atoms with Gasteiger partial charge in [-0.2, -0.15) is 0 Å². The van der Waals surface area contributed by atoms with Gasteiger partial charge in [-0.05, 0) is 30.7 Å². The van der Waals surface area contributed by atoms with Crippen LogP contribution >= 0.6 is 0 Å². The second-order valence-electron chi connectivity index (χ2n) is 3.40. The molecule has 0 atom stereocenters. The van der Waals surface area contributed by atoms with Gasteiger partial charge in [-0.15, -0.1) is 6.58 Å². The zero-order valence-corrected chi connectivity index (χ0v) is 9.12. The monoisotopic (exact) mass is 222 g/mol. The molecule has 0 radical (unpaired) electrons. The van der Waals surface area contributed by atoms with Gasteiger partial charge in [0.1, 0.15) is 5.82 Å². The van der Waals surface area contributed by atoms with Gasteiger partial charge in [-0.25, -0.2) is 4.39 Å². The predicted octanol–water partition coefficient (Wildman–Crippen LogP) is 2.99. The minimum Gasteiger partial charge on any atom is -0.377 e. The molecule has 3 heteroatoms. The molecule has 2 nitrogen and oxygen atoms in total. The Morgan fingerprint density at radius 2 is 2.06 bits per heavy atom. The summed E-state index contributed by atoms with van der Waals surface area (Å²) in [5.74, 6) is -0.312. The highest BCUT2D eigenvalue weighted by Crippen LogP contribution is 2.07.